The van der Waals surface area contributed by atoms with Crippen LogP contribution in [0.4, 0.5) is 0 Å². The molecule has 1 aromatic rings. The Bertz CT molecular complexity index is 679. The fourth-order valence-electron chi connectivity index (χ4n) is 1.32. The van der Waals surface area contributed by atoms with Gasteiger partial charge in [-0.25, -0.2) is 13.4 Å². The van der Waals surface area contributed by atoms with E-state index in [0.29, 0.717) is 0 Å². The Kier molecular flexibility index (Phi) is 4.73. The molecular formula is C10H10N4O5S. The lowest BCUT2D eigenvalue weighted by Crippen LogP contribution is -2.43. The smallest absolute Gasteiger partial charge is 0.322 e. The fourth-order valence-corrected chi connectivity index (χ4v) is 2.62. The predicted octanol–water partition coefficient (Wildman–Crippen LogP) is -1.44. The highest BCUT2D eigenvalue weighted by Crippen LogP contribution is 2.13. The first-order valence-corrected chi connectivity index (χ1v) is 6.65. The van der Waals surface area contributed by atoms with Crippen LogP contribution in [0.2, 0.25) is 0 Å². The normalized spacial score (nSPS) is 12.3. The minimum atomic E-state index is -4.32. The van der Waals surface area contributed by atoms with Crippen molar-refractivity contribution in [3.05, 3.63) is 24.0 Å². The van der Waals surface area contributed by atoms with Gasteiger partial charge < -0.3 is 10.8 Å². The zero-order chi connectivity index (χ0) is 15.3. The van der Waals surface area contributed by atoms with Gasteiger partial charge in [0.1, 0.15) is 17.0 Å². The van der Waals surface area contributed by atoms with Gasteiger partial charge in [0.25, 0.3) is 0 Å². The standard InChI is InChI=1S/C10H10N4O5S/c11-5-7-8(2-1-3-13-7)20(18,19)14-6(10(16)17)4-9(12)15/h1-3,6,14H,4H2,(H2,12,15)(H,16,17). The van der Waals surface area contributed by atoms with E-state index >= 15 is 0 Å². The maximum atomic E-state index is 12.0. The molecular weight excluding hydrogens is 288 g/mol. The summed E-state index contributed by atoms with van der Waals surface area (Å²) in [4.78, 5) is 24.7. The highest BCUT2D eigenvalue weighted by atomic mass is 32.2. The van der Waals surface area contributed by atoms with Crippen molar-refractivity contribution in [3.8, 4) is 6.07 Å². The van der Waals surface area contributed by atoms with Crippen LogP contribution in [0.1, 0.15) is 12.1 Å². The molecule has 0 aliphatic heterocycles. The van der Waals surface area contributed by atoms with Crippen LogP contribution in [-0.4, -0.2) is 36.4 Å². The number of carbonyl (C=O) groups is 2. The minimum Gasteiger partial charge on any atom is -0.480 e. The Labute approximate surface area is 114 Å². The minimum absolute atomic E-state index is 0.386. The van der Waals surface area contributed by atoms with E-state index in [1.807, 2.05) is 0 Å². The maximum absolute atomic E-state index is 12.0. The number of nitrogens with two attached hydrogens (primary N) is 1. The number of hydrogen-bond acceptors (Lipinski definition) is 6. The van der Waals surface area contributed by atoms with Crippen LogP contribution in [0.25, 0.3) is 0 Å². The molecule has 1 unspecified atom stereocenters. The SMILES string of the molecule is N#Cc1ncccc1S(=O)(=O)NC(CC(N)=O)C(=O)O. The van der Waals surface area contributed by atoms with Crippen molar-refractivity contribution in [2.75, 3.05) is 0 Å². The van der Waals surface area contributed by atoms with Gasteiger partial charge in [0.2, 0.25) is 15.9 Å². The molecule has 106 valence electrons. The molecule has 20 heavy (non-hydrogen) atoms. The van der Waals surface area contributed by atoms with Gasteiger partial charge in [-0.15, -0.1) is 0 Å². The largest absolute Gasteiger partial charge is 0.480 e. The summed E-state index contributed by atoms with van der Waals surface area (Å²) in [5.41, 5.74) is 4.46. The number of carboxylic acids is 1. The predicted molar refractivity (Wildman–Crippen MR) is 64.5 cm³/mol. The van der Waals surface area contributed by atoms with E-state index in [-0.39, 0.29) is 5.69 Å². The van der Waals surface area contributed by atoms with E-state index in [1.165, 1.54) is 12.3 Å². The third-order valence-electron chi connectivity index (χ3n) is 2.17. The molecule has 0 saturated heterocycles. The molecule has 0 bridgehead atoms. The molecule has 1 rings (SSSR count). The average Bonchev–Trinajstić information content (AvgIpc) is 2.37. The first-order chi connectivity index (χ1) is 9.27. The summed E-state index contributed by atoms with van der Waals surface area (Å²) in [5.74, 6) is -2.54. The van der Waals surface area contributed by atoms with Crippen molar-refractivity contribution >= 4 is 21.9 Å². The van der Waals surface area contributed by atoms with Gasteiger partial charge in [-0.1, -0.05) is 0 Å². The second-order valence-corrected chi connectivity index (χ2v) is 5.33. The lowest BCUT2D eigenvalue weighted by molar-refractivity contribution is -0.140. The number of pyridine rings is 1. The second-order valence-electron chi connectivity index (χ2n) is 3.64. The summed E-state index contributed by atoms with van der Waals surface area (Å²) in [6.45, 7) is 0. The van der Waals surface area contributed by atoms with Crippen molar-refractivity contribution in [3.63, 3.8) is 0 Å². The number of nitrogens with one attached hydrogen (secondary N) is 1. The molecule has 0 saturated carbocycles. The quantitative estimate of drug-likeness (QED) is 0.578. The van der Waals surface area contributed by atoms with Crippen LogP contribution < -0.4 is 10.5 Å². The molecule has 1 amide bonds. The van der Waals surface area contributed by atoms with E-state index < -0.39 is 39.3 Å². The number of amides is 1. The van der Waals surface area contributed by atoms with Gasteiger partial charge in [0, 0.05) is 6.20 Å². The van der Waals surface area contributed by atoms with Gasteiger partial charge in [0.05, 0.1) is 6.42 Å². The highest BCUT2D eigenvalue weighted by molar-refractivity contribution is 7.89. The van der Waals surface area contributed by atoms with Crippen LogP contribution in [0.15, 0.2) is 23.2 Å². The fraction of sp³-hybridized carbons (Fsp3) is 0.200. The monoisotopic (exact) mass is 298 g/mol. The van der Waals surface area contributed by atoms with Crippen LogP contribution in [0, 0.1) is 11.3 Å². The molecule has 0 aromatic carbocycles. The molecule has 0 fully saturated rings. The van der Waals surface area contributed by atoms with E-state index in [9.17, 15) is 18.0 Å². The topological polar surface area (TPSA) is 163 Å². The Balaban J connectivity index is 3.14. The van der Waals surface area contributed by atoms with Gasteiger partial charge in [-0.3, -0.25) is 9.59 Å². The van der Waals surface area contributed by atoms with Crippen LogP contribution in [0.5, 0.6) is 0 Å². The first kappa shape index (κ1) is 15.5. The van der Waals surface area contributed by atoms with Gasteiger partial charge in [-0.05, 0) is 12.1 Å². The Morgan fingerprint density at radius 1 is 1.55 bits per heavy atom. The third-order valence-corrected chi connectivity index (χ3v) is 3.67. The third kappa shape index (κ3) is 3.74. The molecule has 4 N–H and O–H groups in total. The van der Waals surface area contributed by atoms with Crippen LogP contribution in [-0.2, 0) is 19.6 Å². The van der Waals surface area contributed by atoms with E-state index in [0.717, 1.165) is 6.07 Å². The lowest BCUT2D eigenvalue weighted by Gasteiger charge is -2.13. The Morgan fingerprint density at radius 3 is 2.70 bits per heavy atom. The number of carboxylic acid groups (broad SMARTS) is 1. The van der Waals surface area contributed by atoms with Crippen LogP contribution in [0.3, 0.4) is 0 Å². The number of aliphatic carboxylic acids is 1. The Hall–Kier alpha value is -2.51. The molecule has 1 aromatic heterocycles. The summed E-state index contributed by atoms with van der Waals surface area (Å²) in [5, 5.41) is 17.6. The maximum Gasteiger partial charge on any atom is 0.322 e. The summed E-state index contributed by atoms with van der Waals surface area (Å²) in [7, 11) is -4.32. The highest BCUT2D eigenvalue weighted by Gasteiger charge is 2.28. The molecule has 1 heterocycles. The molecule has 1 atom stereocenters. The van der Waals surface area contributed by atoms with E-state index in [4.69, 9.17) is 16.1 Å². The van der Waals surface area contributed by atoms with Crippen molar-refractivity contribution in [2.45, 2.75) is 17.4 Å². The summed E-state index contributed by atoms with van der Waals surface area (Å²) >= 11 is 0. The molecule has 10 heteroatoms. The van der Waals surface area contributed by atoms with Crippen molar-refractivity contribution in [1.82, 2.24) is 9.71 Å². The van der Waals surface area contributed by atoms with Gasteiger partial charge in [0.15, 0.2) is 5.69 Å². The van der Waals surface area contributed by atoms with Crippen molar-refractivity contribution in [1.29, 1.82) is 5.26 Å². The summed E-state index contributed by atoms with van der Waals surface area (Å²) in [6, 6.07) is 2.23. The lowest BCUT2D eigenvalue weighted by atomic mass is 10.2. The van der Waals surface area contributed by atoms with Crippen molar-refractivity contribution < 1.29 is 23.1 Å². The summed E-state index contributed by atoms with van der Waals surface area (Å²) < 4.78 is 25.8. The number of hydrogen-bond donors (Lipinski definition) is 3. The van der Waals surface area contributed by atoms with E-state index in [2.05, 4.69) is 4.98 Å². The molecule has 0 aliphatic rings. The average molecular weight is 298 g/mol. The number of primary amides is 1. The second kappa shape index (κ2) is 6.09. The molecule has 0 spiro atoms. The zero-order valence-electron chi connectivity index (χ0n) is 9.98. The molecule has 0 radical (unpaired) electrons. The molecule has 9 nitrogen and oxygen atoms in total. The van der Waals surface area contributed by atoms with Gasteiger partial charge in [-0.2, -0.15) is 9.98 Å². The number of carbonyl (C=O) groups excluding carboxylic acids is 1. The van der Waals surface area contributed by atoms with Gasteiger partial charge >= 0.3 is 5.97 Å². The zero-order valence-corrected chi connectivity index (χ0v) is 10.8. The number of sulfonamides is 1. The Morgan fingerprint density at radius 2 is 2.20 bits per heavy atom. The number of nitrogens with zero attached hydrogens (tertiary/aromatic N) is 2. The molecule has 0 aliphatic carbocycles. The first-order valence-electron chi connectivity index (χ1n) is 5.16. The number of nitriles is 1. The number of rotatable bonds is 6. The number of aromatic nitrogens is 1. The summed E-state index contributed by atoms with van der Waals surface area (Å²) in [6.07, 6.45) is 0.506. The van der Waals surface area contributed by atoms with Crippen LogP contribution >= 0.6 is 0 Å². The van der Waals surface area contributed by atoms with Crippen molar-refractivity contribution in [2.24, 2.45) is 5.73 Å². The van der Waals surface area contributed by atoms with E-state index in [1.54, 1.807) is 10.8 Å².